The van der Waals surface area contributed by atoms with E-state index in [1.807, 2.05) is 14.1 Å². The Morgan fingerprint density at radius 2 is 1.91 bits per heavy atom. The highest BCUT2D eigenvalue weighted by Crippen LogP contribution is 2.37. The largest absolute Gasteiger partial charge is 0.378 e. The fourth-order valence-electron chi connectivity index (χ4n) is 3.29. The minimum absolute atomic E-state index is 0.0607. The van der Waals surface area contributed by atoms with E-state index in [0.717, 1.165) is 37.8 Å². The van der Waals surface area contributed by atoms with Gasteiger partial charge in [-0.3, -0.25) is 4.79 Å². The second-order valence-electron chi connectivity index (χ2n) is 7.64. The van der Waals surface area contributed by atoms with Crippen molar-refractivity contribution in [3.05, 3.63) is 41.6 Å². The molecule has 0 saturated heterocycles. The van der Waals surface area contributed by atoms with Crippen LogP contribution in [0.3, 0.4) is 0 Å². The summed E-state index contributed by atoms with van der Waals surface area (Å²) in [6.45, 7) is 8.70. The molecular formula is C20H30N2O. The summed E-state index contributed by atoms with van der Waals surface area (Å²) in [5.74, 6) is 0.613. The molecule has 126 valence electrons. The van der Waals surface area contributed by atoms with Crippen LogP contribution in [0.15, 0.2) is 36.0 Å². The highest BCUT2D eigenvalue weighted by molar-refractivity contribution is 5.75. The number of hydrogen-bond acceptors (Lipinski definition) is 3. The summed E-state index contributed by atoms with van der Waals surface area (Å²) in [5.41, 5.74) is 3.37. The topological polar surface area (TPSA) is 23.6 Å². The van der Waals surface area contributed by atoms with Crippen molar-refractivity contribution in [2.24, 2.45) is 11.3 Å². The van der Waals surface area contributed by atoms with Gasteiger partial charge in [-0.05, 0) is 36.5 Å². The Kier molecular flexibility index (Phi) is 5.51. The molecule has 0 aliphatic carbocycles. The quantitative estimate of drug-likeness (QED) is 0.747. The molecule has 1 heterocycles. The fourth-order valence-corrected chi connectivity index (χ4v) is 3.29. The number of nitrogens with zero attached hydrogens (tertiary/aromatic N) is 2. The van der Waals surface area contributed by atoms with Gasteiger partial charge in [0.1, 0.15) is 6.29 Å². The molecule has 0 fully saturated rings. The second kappa shape index (κ2) is 7.20. The first-order chi connectivity index (χ1) is 10.8. The highest BCUT2D eigenvalue weighted by atomic mass is 16.1. The van der Waals surface area contributed by atoms with Crippen LogP contribution < -0.4 is 4.90 Å². The average molecular weight is 314 g/mol. The molecule has 3 heteroatoms. The van der Waals surface area contributed by atoms with E-state index in [0.29, 0.717) is 5.92 Å². The van der Waals surface area contributed by atoms with E-state index >= 15 is 0 Å². The van der Waals surface area contributed by atoms with Crippen LogP contribution in [0.2, 0.25) is 0 Å². The molecule has 0 radical (unpaired) electrons. The normalized spacial score (nSPS) is 21.3. The summed E-state index contributed by atoms with van der Waals surface area (Å²) in [7, 11) is 4.10. The molecular weight excluding hydrogens is 284 g/mol. The molecule has 2 rings (SSSR count). The number of carbonyl (C=O) groups excluding carboxylic acids is 1. The predicted octanol–water partition coefficient (Wildman–Crippen LogP) is 3.75. The molecule has 1 aromatic carbocycles. The summed E-state index contributed by atoms with van der Waals surface area (Å²) in [6.07, 6.45) is 5.09. The molecule has 1 aliphatic heterocycles. The van der Waals surface area contributed by atoms with E-state index in [1.54, 1.807) is 0 Å². The number of hydrogen-bond donors (Lipinski definition) is 0. The molecule has 0 aromatic heterocycles. The van der Waals surface area contributed by atoms with Gasteiger partial charge in [0.25, 0.3) is 0 Å². The first-order valence-corrected chi connectivity index (χ1v) is 8.52. The number of rotatable bonds is 6. The Labute approximate surface area is 141 Å². The molecule has 1 aliphatic rings. The Hall–Kier alpha value is -1.77. The van der Waals surface area contributed by atoms with Gasteiger partial charge in [-0.1, -0.05) is 32.9 Å². The van der Waals surface area contributed by atoms with Crippen LogP contribution in [0.5, 0.6) is 0 Å². The summed E-state index contributed by atoms with van der Waals surface area (Å²) < 4.78 is 0. The van der Waals surface area contributed by atoms with Gasteiger partial charge in [-0.25, -0.2) is 0 Å². The molecule has 3 nitrogen and oxygen atoms in total. The molecule has 0 saturated carbocycles. The Balaban J connectivity index is 2.15. The number of carbonyl (C=O) groups is 1. The number of allylic oxidation sites excluding steroid dienone is 1. The summed E-state index contributed by atoms with van der Waals surface area (Å²) in [4.78, 5) is 16.0. The van der Waals surface area contributed by atoms with Gasteiger partial charge in [0.15, 0.2) is 0 Å². The van der Waals surface area contributed by atoms with Crippen LogP contribution >= 0.6 is 0 Å². The molecule has 1 aromatic rings. The first-order valence-electron chi connectivity index (χ1n) is 8.52. The minimum atomic E-state index is -0.0607. The first kappa shape index (κ1) is 17.6. The van der Waals surface area contributed by atoms with Gasteiger partial charge < -0.3 is 9.80 Å². The van der Waals surface area contributed by atoms with Gasteiger partial charge in [-0.15, -0.1) is 0 Å². The van der Waals surface area contributed by atoms with Crippen molar-refractivity contribution >= 4 is 12.0 Å². The van der Waals surface area contributed by atoms with Gasteiger partial charge >= 0.3 is 0 Å². The summed E-state index contributed by atoms with van der Waals surface area (Å²) >= 11 is 0. The molecule has 1 atom stereocenters. The molecule has 1 unspecified atom stereocenters. The maximum atomic E-state index is 11.6. The maximum Gasteiger partial charge on any atom is 0.148 e. The van der Waals surface area contributed by atoms with E-state index in [9.17, 15) is 4.79 Å². The molecule has 0 bridgehead atoms. The zero-order valence-corrected chi connectivity index (χ0v) is 15.2. The van der Waals surface area contributed by atoms with Crippen LogP contribution in [0, 0.1) is 11.3 Å². The van der Waals surface area contributed by atoms with E-state index in [2.05, 4.69) is 61.0 Å². The van der Waals surface area contributed by atoms with Crippen LogP contribution in [0.1, 0.15) is 32.8 Å². The SMILES string of the molecule is CC(C)CN1C=C(C=O)C(C)(Cc2ccc(N(C)C)cc2)CC1. The van der Waals surface area contributed by atoms with Crippen molar-refractivity contribution in [3.63, 3.8) is 0 Å². The van der Waals surface area contributed by atoms with Gasteiger partial charge in [0.2, 0.25) is 0 Å². The molecule has 23 heavy (non-hydrogen) atoms. The number of anilines is 1. The second-order valence-corrected chi connectivity index (χ2v) is 7.64. The predicted molar refractivity (Wildman–Crippen MR) is 97.8 cm³/mol. The molecule has 0 amide bonds. The van der Waals surface area contributed by atoms with E-state index in [-0.39, 0.29) is 5.41 Å². The van der Waals surface area contributed by atoms with Crippen molar-refractivity contribution in [2.75, 3.05) is 32.1 Å². The third-order valence-electron chi connectivity index (χ3n) is 4.74. The Bertz CT molecular complexity index is 560. The molecule has 0 N–H and O–H groups in total. The monoisotopic (exact) mass is 314 g/mol. The summed E-state index contributed by atoms with van der Waals surface area (Å²) in [6, 6.07) is 8.67. The van der Waals surface area contributed by atoms with Gasteiger partial charge in [0, 0.05) is 50.1 Å². The van der Waals surface area contributed by atoms with Crippen molar-refractivity contribution in [3.8, 4) is 0 Å². The Morgan fingerprint density at radius 3 is 2.43 bits per heavy atom. The number of aldehydes is 1. The van der Waals surface area contributed by atoms with Crippen LogP contribution in [-0.4, -0.2) is 38.4 Å². The maximum absolute atomic E-state index is 11.6. The van der Waals surface area contributed by atoms with Crippen LogP contribution in [0.25, 0.3) is 0 Å². The smallest absolute Gasteiger partial charge is 0.148 e. The van der Waals surface area contributed by atoms with Crippen molar-refractivity contribution < 1.29 is 4.79 Å². The van der Waals surface area contributed by atoms with Crippen LogP contribution in [0.4, 0.5) is 5.69 Å². The van der Waals surface area contributed by atoms with Crippen LogP contribution in [-0.2, 0) is 11.2 Å². The van der Waals surface area contributed by atoms with E-state index in [1.165, 1.54) is 11.3 Å². The zero-order chi connectivity index (χ0) is 17.0. The lowest BCUT2D eigenvalue weighted by Gasteiger charge is -2.39. The molecule has 0 spiro atoms. The van der Waals surface area contributed by atoms with Crippen molar-refractivity contribution in [2.45, 2.75) is 33.6 Å². The lowest BCUT2D eigenvalue weighted by atomic mass is 9.73. The lowest BCUT2D eigenvalue weighted by molar-refractivity contribution is -0.106. The van der Waals surface area contributed by atoms with Crippen molar-refractivity contribution in [1.82, 2.24) is 4.90 Å². The van der Waals surface area contributed by atoms with Crippen molar-refractivity contribution in [1.29, 1.82) is 0 Å². The fraction of sp³-hybridized carbons (Fsp3) is 0.550. The van der Waals surface area contributed by atoms with Gasteiger partial charge in [0.05, 0.1) is 0 Å². The Morgan fingerprint density at radius 1 is 1.26 bits per heavy atom. The summed E-state index contributed by atoms with van der Waals surface area (Å²) in [5, 5.41) is 0. The highest BCUT2D eigenvalue weighted by Gasteiger charge is 2.33. The standard InChI is InChI=1S/C20H30N2O/c1-16(2)13-22-11-10-20(3,18(14-22)15-23)12-17-6-8-19(9-7-17)21(4)5/h6-9,14-16H,10-13H2,1-5H3. The van der Waals surface area contributed by atoms with Gasteiger partial charge in [-0.2, -0.15) is 0 Å². The van der Waals surface area contributed by atoms with E-state index in [4.69, 9.17) is 0 Å². The average Bonchev–Trinajstić information content (AvgIpc) is 2.49. The third kappa shape index (κ3) is 4.37. The van der Waals surface area contributed by atoms with E-state index < -0.39 is 0 Å². The number of benzene rings is 1. The minimum Gasteiger partial charge on any atom is -0.378 e. The third-order valence-corrected chi connectivity index (χ3v) is 4.74. The zero-order valence-electron chi connectivity index (χ0n) is 15.2. The lowest BCUT2D eigenvalue weighted by Crippen LogP contribution is -2.37.